The van der Waals surface area contributed by atoms with Crippen molar-refractivity contribution in [2.24, 2.45) is 0 Å². The summed E-state index contributed by atoms with van der Waals surface area (Å²) in [5.74, 6) is -2.30. The summed E-state index contributed by atoms with van der Waals surface area (Å²) >= 11 is 0. The number of fused-ring (bicyclic) bond motifs is 1. The van der Waals surface area contributed by atoms with Crippen LogP contribution in [0, 0.1) is 0 Å². The van der Waals surface area contributed by atoms with Gasteiger partial charge in [-0.05, 0) is 17.7 Å². The van der Waals surface area contributed by atoms with Crippen LogP contribution in [0.25, 0.3) is 0 Å². The number of aliphatic hydroxyl groups excluding tert-OH is 3. The number of aromatic hydroxyl groups is 2. The topological polar surface area (TPSA) is 183 Å². The largest absolute Gasteiger partial charge is 0.508 e. The summed E-state index contributed by atoms with van der Waals surface area (Å²) in [5, 5.41) is 58.3. The number of carbonyl (C=O) groups is 2. The molecular formula is C21H20O11. The molecule has 2 aliphatic rings. The summed E-state index contributed by atoms with van der Waals surface area (Å²) in [6.07, 6.45) is -9.40. The van der Waals surface area contributed by atoms with Crippen molar-refractivity contribution in [2.45, 2.75) is 43.2 Å². The van der Waals surface area contributed by atoms with Crippen molar-refractivity contribution in [1.82, 2.24) is 0 Å². The number of carbonyl (C=O) groups excluding carboxylic acids is 1. The number of rotatable bonds is 4. The molecule has 0 radical (unpaired) electrons. The van der Waals surface area contributed by atoms with E-state index < -0.39 is 42.8 Å². The van der Waals surface area contributed by atoms with Gasteiger partial charge in [-0.2, -0.15) is 0 Å². The van der Waals surface area contributed by atoms with Gasteiger partial charge in [-0.25, -0.2) is 4.79 Å². The van der Waals surface area contributed by atoms with E-state index >= 15 is 0 Å². The number of ketones is 1. The molecule has 11 nitrogen and oxygen atoms in total. The Kier molecular flexibility index (Phi) is 5.65. The van der Waals surface area contributed by atoms with Crippen LogP contribution in [0.4, 0.5) is 0 Å². The minimum atomic E-state index is -1.83. The van der Waals surface area contributed by atoms with Crippen molar-refractivity contribution >= 4 is 11.8 Å². The van der Waals surface area contributed by atoms with E-state index in [9.17, 15) is 35.1 Å². The number of carboxylic acid groups (broad SMARTS) is 1. The predicted octanol–water partition coefficient (Wildman–Crippen LogP) is 0.0753. The molecule has 0 spiro atoms. The number of phenols is 2. The second-order valence-corrected chi connectivity index (χ2v) is 7.49. The van der Waals surface area contributed by atoms with Crippen LogP contribution in [0.3, 0.4) is 0 Å². The van der Waals surface area contributed by atoms with Crippen LogP contribution < -0.4 is 9.47 Å². The lowest BCUT2D eigenvalue weighted by atomic mass is 9.95. The van der Waals surface area contributed by atoms with Gasteiger partial charge in [-0.1, -0.05) is 12.1 Å². The number of hydrogen-bond acceptors (Lipinski definition) is 10. The summed E-state index contributed by atoms with van der Waals surface area (Å²) in [5.41, 5.74) is 0.569. The number of phenolic OH excluding ortho intramolecular Hbond substituents is 2. The highest BCUT2D eigenvalue weighted by Gasteiger charge is 2.48. The summed E-state index contributed by atoms with van der Waals surface area (Å²) < 4.78 is 16.3. The van der Waals surface area contributed by atoms with Crippen molar-refractivity contribution in [3.05, 3.63) is 47.5 Å². The molecule has 11 heteroatoms. The zero-order valence-electron chi connectivity index (χ0n) is 16.4. The number of hydrogen-bond donors (Lipinski definition) is 6. The van der Waals surface area contributed by atoms with E-state index in [1.54, 1.807) is 12.1 Å². The van der Waals surface area contributed by atoms with E-state index in [0.717, 1.165) is 6.07 Å². The molecule has 2 heterocycles. The molecule has 1 fully saturated rings. The molecule has 2 aromatic carbocycles. The van der Waals surface area contributed by atoms with Gasteiger partial charge in [0.1, 0.15) is 53.0 Å². The third-order valence-electron chi connectivity index (χ3n) is 5.30. The Hall–Kier alpha value is -3.38. The fraction of sp³-hybridized carbons (Fsp3) is 0.333. The van der Waals surface area contributed by atoms with Crippen LogP contribution in [-0.2, 0) is 9.53 Å². The van der Waals surface area contributed by atoms with Crippen LogP contribution in [0.1, 0.15) is 28.4 Å². The molecule has 0 bridgehead atoms. The fourth-order valence-corrected chi connectivity index (χ4v) is 3.66. The van der Waals surface area contributed by atoms with Crippen LogP contribution >= 0.6 is 0 Å². The van der Waals surface area contributed by atoms with E-state index in [1.165, 1.54) is 18.2 Å². The first kappa shape index (κ1) is 21.8. The Bertz CT molecular complexity index is 1030. The average Bonchev–Trinajstić information content (AvgIpc) is 2.73. The first-order chi connectivity index (χ1) is 15.2. The van der Waals surface area contributed by atoms with Crippen LogP contribution in [0.5, 0.6) is 23.0 Å². The van der Waals surface area contributed by atoms with E-state index in [4.69, 9.17) is 19.3 Å². The quantitative estimate of drug-likeness (QED) is 0.372. The summed E-state index contributed by atoms with van der Waals surface area (Å²) in [6.45, 7) is 0. The summed E-state index contributed by atoms with van der Waals surface area (Å²) in [4.78, 5) is 23.6. The van der Waals surface area contributed by atoms with Gasteiger partial charge >= 0.3 is 5.97 Å². The van der Waals surface area contributed by atoms with E-state index in [0.29, 0.717) is 5.56 Å². The maximum atomic E-state index is 12.4. The third-order valence-corrected chi connectivity index (χ3v) is 5.30. The summed E-state index contributed by atoms with van der Waals surface area (Å²) in [7, 11) is 0. The van der Waals surface area contributed by atoms with Gasteiger partial charge in [0.2, 0.25) is 6.29 Å². The molecule has 0 aliphatic carbocycles. The average molecular weight is 448 g/mol. The minimum Gasteiger partial charge on any atom is -0.508 e. The van der Waals surface area contributed by atoms with Crippen molar-refractivity contribution < 1.29 is 54.4 Å². The van der Waals surface area contributed by atoms with Crippen molar-refractivity contribution in [1.29, 1.82) is 0 Å². The normalized spacial score (nSPS) is 29.7. The van der Waals surface area contributed by atoms with E-state index in [1.807, 2.05) is 0 Å². The highest BCUT2D eigenvalue weighted by Crippen LogP contribution is 2.41. The molecular weight excluding hydrogens is 428 g/mol. The van der Waals surface area contributed by atoms with Gasteiger partial charge in [0, 0.05) is 12.1 Å². The maximum Gasteiger partial charge on any atom is 0.335 e. The van der Waals surface area contributed by atoms with Gasteiger partial charge in [0.15, 0.2) is 11.9 Å². The zero-order valence-corrected chi connectivity index (χ0v) is 16.4. The first-order valence-electron chi connectivity index (χ1n) is 9.60. The van der Waals surface area contributed by atoms with Crippen molar-refractivity contribution in [2.75, 3.05) is 0 Å². The zero-order chi connectivity index (χ0) is 23.2. The molecule has 0 aromatic heterocycles. The Labute approximate surface area is 180 Å². The molecule has 0 amide bonds. The number of ether oxygens (including phenoxy) is 3. The number of Topliss-reactive ketones (excluding diaryl/α,β-unsaturated/α-hetero) is 1. The Morgan fingerprint density at radius 2 is 1.69 bits per heavy atom. The fourth-order valence-electron chi connectivity index (χ4n) is 3.66. The molecule has 170 valence electrons. The maximum absolute atomic E-state index is 12.4. The van der Waals surface area contributed by atoms with Gasteiger partial charge in [0.25, 0.3) is 0 Å². The van der Waals surface area contributed by atoms with Gasteiger partial charge in [-0.3, -0.25) is 4.79 Å². The molecule has 4 unspecified atom stereocenters. The lowest BCUT2D eigenvalue weighted by molar-refractivity contribution is -0.271. The SMILES string of the molecule is O=C1CC(c2ccc(O[C@H]3OC(C(=O)O)[C@H](O)C(O)C3O)cc2)Oc2cc(O)cc(O)c21. The predicted molar refractivity (Wildman–Crippen MR) is 103 cm³/mol. The van der Waals surface area contributed by atoms with E-state index in [-0.39, 0.29) is 40.8 Å². The second-order valence-electron chi connectivity index (χ2n) is 7.49. The molecule has 4 rings (SSSR count). The molecule has 2 aromatic rings. The Morgan fingerprint density at radius 1 is 1.00 bits per heavy atom. The molecule has 32 heavy (non-hydrogen) atoms. The lowest BCUT2D eigenvalue weighted by Crippen LogP contribution is -2.61. The highest BCUT2D eigenvalue weighted by molar-refractivity contribution is 6.02. The molecule has 1 saturated heterocycles. The molecule has 2 aliphatic heterocycles. The number of aliphatic hydroxyl groups is 3. The van der Waals surface area contributed by atoms with Gasteiger partial charge in [0.05, 0.1) is 6.42 Å². The number of aliphatic carboxylic acids is 1. The number of benzene rings is 2. The van der Waals surface area contributed by atoms with Crippen molar-refractivity contribution in [3.63, 3.8) is 0 Å². The monoisotopic (exact) mass is 448 g/mol. The number of carboxylic acids is 1. The van der Waals surface area contributed by atoms with Crippen LogP contribution in [-0.4, -0.2) is 73.1 Å². The van der Waals surface area contributed by atoms with Gasteiger partial charge in [-0.15, -0.1) is 0 Å². The highest BCUT2D eigenvalue weighted by atomic mass is 16.7. The molecule has 0 saturated carbocycles. The standard InChI is InChI=1S/C21H20O11/c22-9-5-11(23)15-12(24)7-13(31-14(15)6-9)8-1-3-10(4-2-8)30-21-18(27)16(25)17(26)19(32-21)20(28)29/h1-6,13,16-19,21-23,25-27H,7H2,(H,28,29)/t13?,16?,17-,18?,19?,21+/m1/s1. The second kappa shape index (κ2) is 8.28. The first-order valence-corrected chi connectivity index (χ1v) is 9.60. The smallest absolute Gasteiger partial charge is 0.335 e. The van der Waals surface area contributed by atoms with Crippen LogP contribution in [0.15, 0.2) is 36.4 Å². The minimum absolute atomic E-state index is 0.00355. The lowest BCUT2D eigenvalue weighted by Gasteiger charge is -2.38. The van der Waals surface area contributed by atoms with E-state index in [2.05, 4.69) is 0 Å². The van der Waals surface area contributed by atoms with Crippen molar-refractivity contribution in [3.8, 4) is 23.0 Å². The third kappa shape index (κ3) is 3.94. The van der Waals surface area contributed by atoms with Gasteiger partial charge < -0.3 is 44.8 Å². The molecule has 6 N–H and O–H groups in total. The van der Waals surface area contributed by atoms with Crippen LogP contribution in [0.2, 0.25) is 0 Å². The molecule has 6 atom stereocenters. The summed E-state index contributed by atoms with van der Waals surface area (Å²) in [6, 6.07) is 8.34. The Balaban J connectivity index is 1.49. The Morgan fingerprint density at radius 3 is 2.34 bits per heavy atom.